The van der Waals surface area contributed by atoms with Gasteiger partial charge in [0.25, 0.3) is 0 Å². The standard InChI is InChI=1S/C15H17BrF3NO5S/c16-11-5-6-13(12(7-11)25-15(17,18)19)26(23,24)20-8-9-1-3-10(4-2-9)14(21)22/h5-7,9-10,20H,1-4,8H2,(H,21,22). The third kappa shape index (κ3) is 5.85. The van der Waals surface area contributed by atoms with Crippen molar-refractivity contribution in [2.24, 2.45) is 11.8 Å². The van der Waals surface area contributed by atoms with Crippen LogP contribution in [0.5, 0.6) is 5.75 Å². The van der Waals surface area contributed by atoms with Gasteiger partial charge in [-0.05, 0) is 49.8 Å². The molecule has 1 aliphatic carbocycles. The fraction of sp³-hybridized carbons (Fsp3) is 0.533. The Labute approximate surface area is 156 Å². The Balaban J connectivity index is 2.07. The van der Waals surface area contributed by atoms with Crippen molar-refractivity contribution in [3.05, 3.63) is 22.7 Å². The zero-order valence-corrected chi connectivity index (χ0v) is 15.8. The monoisotopic (exact) mass is 459 g/mol. The minimum Gasteiger partial charge on any atom is -0.481 e. The lowest BCUT2D eigenvalue weighted by Gasteiger charge is -2.26. The molecule has 1 aliphatic rings. The molecule has 0 aromatic heterocycles. The molecule has 0 amide bonds. The van der Waals surface area contributed by atoms with E-state index in [1.54, 1.807) is 0 Å². The van der Waals surface area contributed by atoms with Crippen molar-refractivity contribution < 1.29 is 36.2 Å². The highest BCUT2D eigenvalue weighted by atomic mass is 79.9. The van der Waals surface area contributed by atoms with Gasteiger partial charge in [-0.1, -0.05) is 15.9 Å². The molecule has 6 nitrogen and oxygen atoms in total. The first-order valence-electron chi connectivity index (χ1n) is 7.75. The average Bonchev–Trinajstić information content (AvgIpc) is 2.51. The van der Waals surface area contributed by atoms with Gasteiger partial charge in [0.1, 0.15) is 4.90 Å². The topological polar surface area (TPSA) is 92.7 Å². The lowest BCUT2D eigenvalue weighted by atomic mass is 9.82. The van der Waals surface area contributed by atoms with E-state index >= 15 is 0 Å². The summed E-state index contributed by atoms with van der Waals surface area (Å²) in [5.74, 6) is -2.19. The number of halogens is 4. The summed E-state index contributed by atoms with van der Waals surface area (Å²) in [6.07, 6.45) is -3.07. The smallest absolute Gasteiger partial charge is 0.481 e. The number of carbonyl (C=O) groups is 1. The molecule has 2 N–H and O–H groups in total. The third-order valence-electron chi connectivity index (χ3n) is 4.18. The van der Waals surface area contributed by atoms with Crippen molar-refractivity contribution in [2.75, 3.05) is 6.54 Å². The number of ether oxygens (including phenoxy) is 1. The molecule has 26 heavy (non-hydrogen) atoms. The van der Waals surface area contributed by atoms with Crippen molar-refractivity contribution in [3.63, 3.8) is 0 Å². The minimum absolute atomic E-state index is 0.0240. The summed E-state index contributed by atoms with van der Waals surface area (Å²) in [6.45, 7) is 0.0240. The summed E-state index contributed by atoms with van der Waals surface area (Å²) in [5, 5.41) is 8.96. The molecule has 0 aliphatic heterocycles. The number of sulfonamides is 1. The molecular formula is C15H17BrF3NO5S. The number of hydrogen-bond acceptors (Lipinski definition) is 4. The van der Waals surface area contributed by atoms with E-state index in [0.717, 1.165) is 12.1 Å². The first-order chi connectivity index (χ1) is 12.0. The van der Waals surface area contributed by atoms with Gasteiger partial charge in [0.05, 0.1) is 5.92 Å². The SMILES string of the molecule is O=C(O)C1CCC(CNS(=O)(=O)c2ccc(Br)cc2OC(F)(F)F)CC1. The van der Waals surface area contributed by atoms with Gasteiger partial charge in [0.15, 0.2) is 5.75 Å². The van der Waals surface area contributed by atoms with E-state index in [1.807, 2.05) is 0 Å². The van der Waals surface area contributed by atoms with E-state index in [2.05, 4.69) is 25.4 Å². The van der Waals surface area contributed by atoms with E-state index in [0.29, 0.717) is 25.7 Å². The number of alkyl halides is 3. The van der Waals surface area contributed by atoms with E-state index in [-0.39, 0.29) is 16.9 Å². The number of aliphatic carboxylic acids is 1. The fourth-order valence-electron chi connectivity index (χ4n) is 2.83. The zero-order valence-electron chi connectivity index (χ0n) is 13.4. The van der Waals surface area contributed by atoms with Gasteiger partial charge in [-0.3, -0.25) is 4.79 Å². The molecule has 1 aromatic carbocycles. The Morgan fingerprint density at radius 3 is 2.42 bits per heavy atom. The summed E-state index contributed by atoms with van der Waals surface area (Å²) in [5.41, 5.74) is 0. The molecule has 1 fully saturated rings. The Morgan fingerprint density at radius 1 is 1.27 bits per heavy atom. The summed E-state index contributed by atoms with van der Waals surface area (Å²) < 4.78 is 68.7. The summed E-state index contributed by atoms with van der Waals surface area (Å²) in [4.78, 5) is 10.3. The van der Waals surface area contributed by atoms with Crippen LogP contribution in [-0.4, -0.2) is 32.4 Å². The van der Waals surface area contributed by atoms with Crippen LogP contribution in [0.3, 0.4) is 0 Å². The molecule has 0 bridgehead atoms. The third-order valence-corrected chi connectivity index (χ3v) is 6.14. The molecule has 0 atom stereocenters. The fourth-order valence-corrected chi connectivity index (χ4v) is 4.39. The molecule has 1 saturated carbocycles. The van der Waals surface area contributed by atoms with Gasteiger partial charge < -0.3 is 9.84 Å². The molecule has 0 radical (unpaired) electrons. The molecular weight excluding hydrogens is 443 g/mol. The predicted molar refractivity (Wildman–Crippen MR) is 89.1 cm³/mol. The summed E-state index contributed by atoms with van der Waals surface area (Å²) in [6, 6.07) is 3.25. The van der Waals surface area contributed by atoms with E-state index in [9.17, 15) is 26.4 Å². The van der Waals surface area contributed by atoms with E-state index < -0.39 is 38.9 Å². The van der Waals surface area contributed by atoms with Crippen LogP contribution in [0.25, 0.3) is 0 Å². The van der Waals surface area contributed by atoms with Crippen LogP contribution < -0.4 is 9.46 Å². The Bertz CT molecular complexity index is 761. The first-order valence-corrected chi connectivity index (χ1v) is 10.0. The number of hydrogen-bond donors (Lipinski definition) is 2. The molecule has 2 rings (SSSR count). The molecule has 146 valence electrons. The number of carboxylic acids is 1. The van der Waals surface area contributed by atoms with Gasteiger partial charge in [-0.15, -0.1) is 13.2 Å². The van der Waals surface area contributed by atoms with E-state index in [1.165, 1.54) is 6.07 Å². The van der Waals surface area contributed by atoms with Crippen LogP contribution in [0.4, 0.5) is 13.2 Å². The predicted octanol–water partition coefficient (Wildman–Crippen LogP) is 3.52. The maximum Gasteiger partial charge on any atom is 0.573 e. The number of benzene rings is 1. The van der Waals surface area contributed by atoms with Crippen molar-refractivity contribution in [1.29, 1.82) is 0 Å². The van der Waals surface area contributed by atoms with Gasteiger partial charge >= 0.3 is 12.3 Å². The molecule has 11 heteroatoms. The van der Waals surface area contributed by atoms with Crippen LogP contribution >= 0.6 is 15.9 Å². The Kier molecular flexibility index (Phi) is 6.56. The van der Waals surface area contributed by atoms with Crippen LogP contribution in [0, 0.1) is 11.8 Å². The second-order valence-corrected chi connectivity index (χ2v) is 8.70. The normalized spacial score (nSPS) is 21.4. The number of nitrogens with one attached hydrogen (secondary N) is 1. The van der Waals surface area contributed by atoms with Crippen molar-refractivity contribution in [1.82, 2.24) is 4.72 Å². The van der Waals surface area contributed by atoms with Crippen molar-refractivity contribution in [3.8, 4) is 5.75 Å². The Morgan fingerprint density at radius 2 is 1.88 bits per heavy atom. The highest BCUT2D eigenvalue weighted by Crippen LogP contribution is 2.33. The maximum atomic E-state index is 12.5. The van der Waals surface area contributed by atoms with Crippen LogP contribution in [0.15, 0.2) is 27.6 Å². The lowest BCUT2D eigenvalue weighted by Crippen LogP contribution is -2.33. The number of carboxylic acid groups (broad SMARTS) is 1. The Hall–Kier alpha value is -1.33. The maximum absolute atomic E-state index is 12.5. The zero-order chi connectivity index (χ0) is 19.5. The minimum atomic E-state index is -5.03. The summed E-state index contributed by atoms with van der Waals surface area (Å²) in [7, 11) is -4.22. The van der Waals surface area contributed by atoms with Crippen LogP contribution in [0.2, 0.25) is 0 Å². The van der Waals surface area contributed by atoms with Gasteiger partial charge in [-0.25, -0.2) is 13.1 Å². The molecule has 0 spiro atoms. The van der Waals surface area contributed by atoms with Crippen LogP contribution in [0.1, 0.15) is 25.7 Å². The lowest BCUT2D eigenvalue weighted by molar-refractivity contribution is -0.275. The quantitative estimate of drug-likeness (QED) is 0.678. The number of rotatable bonds is 6. The molecule has 0 unspecified atom stereocenters. The second-order valence-electron chi connectivity index (χ2n) is 6.05. The average molecular weight is 460 g/mol. The highest BCUT2D eigenvalue weighted by Gasteiger charge is 2.34. The van der Waals surface area contributed by atoms with Crippen molar-refractivity contribution in [2.45, 2.75) is 36.9 Å². The van der Waals surface area contributed by atoms with Crippen molar-refractivity contribution >= 4 is 31.9 Å². The van der Waals surface area contributed by atoms with Gasteiger partial charge in [0.2, 0.25) is 10.0 Å². The van der Waals surface area contributed by atoms with Crippen LogP contribution in [-0.2, 0) is 14.8 Å². The van der Waals surface area contributed by atoms with Gasteiger partial charge in [-0.2, -0.15) is 0 Å². The first kappa shape index (κ1) is 21.0. The second kappa shape index (κ2) is 8.13. The highest BCUT2D eigenvalue weighted by molar-refractivity contribution is 9.10. The molecule has 1 aromatic rings. The van der Waals surface area contributed by atoms with E-state index in [4.69, 9.17) is 5.11 Å². The largest absolute Gasteiger partial charge is 0.573 e. The summed E-state index contributed by atoms with van der Waals surface area (Å²) >= 11 is 2.98. The van der Waals surface area contributed by atoms with Gasteiger partial charge in [0, 0.05) is 11.0 Å². The molecule has 0 heterocycles. The molecule has 0 saturated heterocycles.